The molecule has 1 aromatic rings. The van der Waals surface area contributed by atoms with Crippen molar-refractivity contribution in [1.29, 1.82) is 0 Å². The van der Waals surface area contributed by atoms with Crippen molar-refractivity contribution >= 4 is 6.09 Å². The summed E-state index contributed by atoms with van der Waals surface area (Å²) in [5.41, 5.74) is 0.623. The van der Waals surface area contributed by atoms with E-state index in [0.717, 1.165) is 25.3 Å². The minimum atomic E-state index is -0.443. The van der Waals surface area contributed by atoms with Crippen LogP contribution in [-0.4, -0.2) is 52.2 Å². The molecule has 0 aliphatic carbocycles. The van der Waals surface area contributed by atoms with E-state index >= 15 is 0 Å². The summed E-state index contributed by atoms with van der Waals surface area (Å²) >= 11 is 0. The van der Waals surface area contributed by atoms with E-state index in [1.54, 1.807) is 0 Å². The zero-order valence-corrected chi connectivity index (χ0v) is 13.4. The quantitative estimate of drug-likeness (QED) is 0.840. The fourth-order valence-corrected chi connectivity index (χ4v) is 2.49. The normalized spacial score (nSPS) is 20.4. The van der Waals surface area contributed by atoms with Crippen molar-refractivity contribution in [3.8, 4) is 0 Å². The van der Waals surface area contributed by atoms with Crippen LogP contribution in [0.5, 0.6) is 0 Å². The fourth-order valence-electron chi connectivity index (χ4n) is 2.49. The van der Waals surface area contributed by atoms with Crippen LogP contribution in [-0.2, 0) is 11.3 Å². The van der Waals surface area contributed by atoms with Crippen LogP contribution in [0, 0.1) is 0 Å². The molecular weight excluding hydrogens is 266 g/mol. The molecule has 21 heavy (non-hydrogen) atoms. The van der Waals surface area contributed by atoms with Gasteiger partial charge in [-0.3, -0.25) is 9.88 Å². The standard InChI is InChI=1S/C16H25N3O2/c1-13-11-18(12-14-7-5-6-8-17-14)9-10-19(13)15(20)21-16(2,3)4/h5-8,13H,9-12H2,1-4H3/t13-/m0/s1. The lowest BCUT2D eigenvalue weighted by atomic mass is 10.2. The van der Waals surface area contributed by atoms with Gasteiger partial charge in [-0.2, -0.15) is 0 Å². The highest BCUT2D eigenvalue weighted by Gasteiger charge is 2.30. The van der Waals surface area contributed by atoms with E-state index in [0.29, 0.717) is 6.54 Å². The summed E-state index contributed by atoms with van der Waals surface area (Å²) in [5.74, 6) is 0. The maximum atomic E-state index is 12.2. The fraction of sp³-hybridized carbons (Fsp3) is 0.625. The Kier molecular flexibility index (Phi) is 4.83. The summed E-state index contributed by atoms with van der Waals surface area (Å²) in [6.45, 7) is 11.0. The van der Waals surface area contributed by atoms with E-state index in [9.17, 15) is 4.79 Å². The molecule has 1 amide bonds. The summed E-state index contributed by atoms with van der Waals surface area (Å²) < 4.78 is 5.46. The third-order valence-electron chi connectivity index (χ3n) is 3.45. The second kappa shape index (κ2) is 6.43. The zero-order valence-electron chi connectivity index (χ0n) is 13.4. The van der Waals surface area contributed by atoms with Crippen molar-refractivity contribution < 1.29 is 9.53 Å². The SMILES string of the molecule is C[C@H]1CN(Cc2ccccn2)CCN1C(=O)OC(C)(C)C. The van der Waals surface area contributed by atoms with Crippen molar-refractivity contribution in [3.63, 3.8) is 0 Å². The Morgan fingerprint density at radius 1 is 1.38 bits per heavy atom. The zero-order chi connectivity index (χ0) is 15.5. The highest BCUT2D eigenvalue weighted by Crippen LogP contribution is 2.16. The Labute approximate surface area is 126 Å². The average molecular weight is 291 g/mol. The van der Waals surface area contributed by atoms with E-state index in [1.807, 2.05) is 50.1 Å². The minimum absolute atomic E-state index is 0.150. The number of carbonyl (C=O) groups excluding carboxylic acids is 1. The number of aromatic nitrogens is 1. The molecule has 0 aromatic carbocycles. The van der Waals surface area contributed by atoms with Gasteiger partial charge in [0.2, 0.25) is 0 Å². The largest absolute Gasteiger partial charge is 0.444 e. The first-order valence-electron chi connectivity index (χ1n) is 7.47. The van der Waals surface area contributed by atoms with Gasteiger partial charge in [-0.25, -0.2) is 4.79 Å². The van der Waals surface area contributed by atoms with Crippen molar-refractivity contribution in [2.24, 2.45) is 0 Å². The molecule has 1 saturated heterocycles. The lowest BCUT2D eigenvalue weighted by Gasteiger charge is -2.40. The molecule has 0 spiro atoms. The van der Waals surface area contributed by atoms with E-state index < -0.39 is 5.60 Å². The molecule has 5 nitrogen and oxygen atoms in total. The molecule has 1 aliphatic heterocycles. The average Bonchev–Trinajstić information content (AvgIpc) is 2.37. The molecule has 0 bridgehead atoms. The van der Waals surface area contributed by atoms with Crippen molar-refractivity contribution in [1.82, 2.24) is 14.8 Å². The molecule has 1 aromatic heterocycles. The number of carbonyl (C=O) groups is 1. The number of hydrogen-bond donors (Lipinski definition) is 0. The predicted molar refractivity (Wildman–Crippen MR) is 81.9 cm³/mol. The van der Waals surface area contributed by atoms with Gasteiger partial charge in [-0.15, -0.1) is 0 Å². The molecule has 2 heterocycles. The molecule has 0 radical (unpaired) electrons. The molecule has 5 heteroatoms. The highest BCUT2D eigenvalue weighted by molar-refractivity contribution is 5.68. The van der Waals surface area contributed by atoms with Crippen LogP contribution >= 0.6 is 0 Å². The molecule has 1 fully saturated rings. The molecular formula is C16H25N3O2. The summed E-state index contributed by atoms with van der Waals surface area (Å²) in [6.07, 6.45) is 1.60. The Balaban J connectivity index is 1.89. The van der Waals surface area contributed by atoms with Gasteiger partial charge in [-0.1, -0.05) is 6.07 Å². The third-order valence-corrected chi connectivity index (χ3v) is 3.45. The second-order valence-electron chi connectivity index (χ2n) is 6.58. The van der Waals surface area contributed by atoms with Crippen LogP contribution < -0.4 is 0 Å². The maximum Gasteiger partial charge on any atom is 0.410 e. The number of ether oxygens (including phenoxy) is 1. The van der Waals surface area contributed by atoms with Crippen molar-refractivity contribution in [3.05, 3.63) is 30.1 Å². The second-order valence-corrected chi connectivity index (χ2v) is 6.58. The molecule has 0 unspecified atom stereocenters. The topological polar surface area (TPSA) is 45.7 Å². The first-order chi connectivity index (χ1) is 9.85. The van der Waals surface area contributed by atoms with Crippen LogP contribution in [0.1, 0.15) is 33.4 Å². The van der Waals surface area contributed by atoms with Crippen LogP contribution in [0.3, 0.4) is 0 Å². The van der Waals surface area contributed by atoms with Crippen LogP contribution in [0.15, 0.2) is 24.4 Å². The number of pyridine rings is 1. The van der Waals surface area contributed by atoms with Gasteiger partial charge in [0.05, 0.1) is 5.69 Å². The first-order valence-corrected chi connectivity index (χ1v) is 7.47. The van der Waals surface area contributed by atoms with Crippen LogP contribution in [0.4, 0.5) is 4.79 Å². The Bertz CT molecular complexity index is 470. The molecule has 2 rings (SSSR count). The Morgan fingerprint density at radius 2 is 2.14 bits per heavy atom. The Morgan fingerprint density at radius 3 is 2.71 bits per heavy atom. The smallest absolute Gasteiger partial charge is 0.410 e. The number of amides is 1. The Hall–Kier alpha value is -1.62. The van der Waals surface area contributed by atoms with Crippen molar-refractivity contribution in [2.75, 3.05) is 19.6 Å². The number of rotatable bonds is 2. The highest BCUT2D eigenvalue weighted by atomic mass is 16.6. The van der Waals surface area contributed by atoms with Crippen molar-refractivity contribution in [2.45, 2.75) is 45.9 Å². The lowest BCUT2D eigenvalue weighted by molar-refractivity contribution is 0.000439. The number of hydrogen-bond acceptors (Lipinski definition) is 4. The van der Waals surface area contributed by atoms with Gasteiger partial charge in [0, 0.05) is 38.4 Å². The lowest BCUT2D eigenvalue weighted by Crippen LogP contribution is -2.54. The summed E-state index contributed by atoms with van der Waals surface area (Å²) in [4.78, 5) is 20.7. The maximum absolute atomic E-state index is 12.2. The van der Waals surface area contributed by atoms with Gasteiger partial charge < -0.3 is 9.64 Å². The molecule has 1 atom stereocenters. The monoisotopic (exact) mass is 291 g/mol. The van der Waals surface area contributed by atoms with E-state index in [1.165, 1.54) is 0 Å². The first kappa shape index (κ1) is 15.8. The minimum Gasteiger partial charge on any atom is -0.444 e. The van der Waals surface area contributed by atoms with Crippen LogP contribution in [0.25, 0.3) is 0 Å². The summed E-state index contributed by atoms with van der Waals surface area (Å²) in [5, 5.41) is 0. The molecule has 0 saturated carbocycles. The molecule has 0 N–H and O–H groups in total. The van der Waals surface area contributed by atoms with E-state index in [-0.39, 0.29) is 12.1 Å². The number of piperazine rings is 1. The predicted octanol–water partition coefficient (Wildman–Crippen LogP) is 2.52. The third kappa shape index (κ3) is 4.70. The van der Waals surface area contributed by atoms with Crippen LogP contribution in [0.2, 0.25) is 0 Å². The number of nitrogens with zero attached hydrogens (tertiary/aromatic N) is 3. The van der Waals surface area contributed by atoms with Gasteiger partial charge >= 0.3 is 6.09 Å². The molecule has 116 valence electrons. The summed E-state index contributed by atoms with van der Waals surface area (Å²) in [6, 6.07) is 6.11. The van der Waals surface area contributed by atoms with Gasteiger partial charge in [0.15, 0.2) is 0 Å². The van der Waals surface area contributed by atoms with E-state index in [2.05, 4.69) is 16.8 Å². The van der Waals surface area contributed by atoms with Gasteiger partial charge in [0.1, 0.15) is 5.60 Å². The van der Waals surface area contributed by atoms with Gasteiger partial charge in [-0.05, 0) is 39.8 Å². The van der Waals surface area contributed by atoms with Gasteiger partial charge in [0.25, 0.3) is 0 Å². The van der Waals surface area contributed by atoms with E-state index in [4.69, 9.17) is 4.74 Å². The summed E-state index contributed by atoms with van der Waals surface area (Å²) in [7, 11) is 0. The molecule has 1 aliphatic rings.